The lowest BCUT2D eigenvalue weighted by Crippen LogP contribution is -2.32. The van der Waals surface area contributed by atoms with Crippen molar-refractivity contribution in [3.63, 3.8) is 0 Å². The molecule has 1 aliphatic rings. The van der Waals surface area contributed by atoms with Gasteiger partial charge in [-0.2, -0.15) is 0 Å². The molecule has 1 aliphatic heterocycles. The summed E-state index contributed by atoms with van der Waals surface area (Å²) in [7, 11) is 0. The Morgan fingerprint density at radius 1 is 1.09 bits per heavy atom. The predicted molar refractivity (Wildman–Crippen MR) is 88.7 cm³/mol. The number of hydrogen-bond donors (Lipinski definition) is 1. The van der Waals surface area contributed by atoms with Gasteiger partial charge in [-0.05, 0) is 24.1 Å². The summed E-state index contributed by atoms with van der Waals surface area (Å²) in [4.78, 5) is 13.4. The van der Waals surface area contributed by atoms with E-state index in [9.17, 15) is 4.79 Å². The van der Waals surface area contributed by atoms with E-state index in [-0.39, 0.29) is 12.0 Å². The summed E-state index contributed by atoms with van der Waals surface area (Å²) in [5.41, 5.74) is 1.02. The van der Waals surface area contributed by atoms with Crippen molar-refractivity contribution in [2.24, 2.45) is 0 Å². The van der Waals surface area contributed by atoms with Gasteiger partial charge in [0.2, 0.25) is 0 Å². The van der Waals surface area contributed by atoms with Crippen LogP contribution in [0.5, 0.6) is 0 Å². The zero-order chi connectivity index (χ0) is 15.2. The highest BCUT2D eigenvalue weighted by Gasteiger charge is 2.31. The van der Waals surface area contributed by atoms with E-state index in [0.29, 0.717) is 11.9 Å². The SMILES string of the molecule is O=C(OCc1ccccc1)[C@@H]1CC(Sc2ccccc2)CN1. The second kappa shape index (κ2) is 7.47. The van der Waals surface area contributed by atoms with Gasteiger partial charge in [-0.15, -0.1) is 11.8 Å². The van der Waals surface area contributed by atoms with E-state index in [0.717, 1.165) is 18.5 Å². The van der Waals surface area contributed by atoms with Crippen molar-refractivity contribution in [2.75, 3.05) is 6.54 Å². The third kappa shape index (κ3) is 4.12. The Morgan fingerprint density at radius 2 is 1.77 bits per heavy atom. The first-order valence-corrected chi connectivity index (χ1v) is 8.35. The smallest absolute Gasteiger partial charge is 0.323 e. The summed E-state index contributed by atoms with van der Waals surface area (Å²) < 4.78 is 5.40. The zero-order valence-corrected chi connectivity index (χ0v) is 13.1. The lowest BCUT2D eigenvalue weighted by atomic mass is 10.2. The highest BCUT2D eigenvalue weighted by Crippen LogP contribution is 2.28. The number of thioether (sulfide) groups is 1. The molecule has 0 radical (unpaired) electrons. The molecule has 1 saturated heterocycles. The Bertz CT molecular complexity index is 603. The predicted octanol–water partition coefficient (Wildman–Crippen LogP) is 3.25. The van der Waals surface area contributed by atoms with E-state index >= 15 is 0 Å². The minimum atomic E-state index is -0.190. The maximum atomic E-state index is 12.1. The normalized spacial score (nSPS) is 20.7. The Morgan fingerprint density at radius 3 is 2.50 bits per heavy atom. The topological polar surface area (TPSA) is 38.3 Å². The number of nitrogens with one attached hydrogen (secondary N) is 1. The van der Waals surface area contributed by atoms with E-state index < -0.39 is 0 Å². The van der Waals surface area contributed by atoms with E-state index in [1.165, 1.54) is 4.90 Å². The molecule has 22 heavy (non-hydrogen) atoms. The van der Waals surface area contributed by atoms with Crippen LogP contribution < -0.4 is 5.32 Å². The third-order valence-corrected chi connectivity index (χ3v) is 4.88. The van der Waals surface area contributed by atoms with Gasteiger partial charge in [0.05, 0.1) is 0 Å². The number of carbonyl (C=O) groups excluding carboxylic acids is 1. The van der Waals surface area contributed by atoms with Gasteiger partial charge in [-0.3, -0.25) is 4.79 Å². The number of carbonyl (C=O) groups is 1. The first-order valence-electron chi connectivity index (χ1n) is 7.47. The van der Waals surface area contributed by atoms with Crippen molar-refractivity contribution in [3.05, 3.63) is 66.2 Å². The lowest BCUT2D eigenvalue weighted by molar-refractivity contribution is -0.147. The zero-order valence-electron chi connectivity index (χ0n) is 12.3. The average molecular weight is 313 g/mol. The maximum absolute atomic E-state index is 12.1. The molecule has 0 saturated carbocycles. The molecule has 2 aromatic carbocycles. The summed E-state index contributed by atoms with van der Waals surface area (Å²) in [6.07, 6.45) is 0.813. The Kier molecular flexibility index (Phi) is 5.14. The van der Waals surface area contributed by atoms with Crippen molar-refractivity contribution >= 4 is 17.7 Å². The molecule has 3 rings (SSSR count). The van der Waals surface area contributed by atoms with Crippen LogP contribution in [0.1, 0.15) is 12.0 Å². The fourth-order valence-electron chi connectivity index (χ4n) is 2.49. The van der Waals surface area contributed by atoms with Crippen molar-refractivity contribution < 1.29 is 9.53 Å². The highest BCUT2D eigenvalue weighted by molar-refractivity contribution is 8.00. The molecule has 3 nitrogen and oxygen atoms in total. The Hall–Kier alpha value is -1.78. The minimum absolute atomic E-state index is 0.153. The summed E-state index contributed by atoms with van der Waals surface area (Å²) in [5.74, 6) is -0.153. The van der Waals surface area contributed by atoms with Crippen LogP contribution in [0.3, 0.4) is 0 Å². The van der Waals surface area contributed by atoms with Crippen LogP contribution in [0.2, 0.25) is 0 Å². The molecule has 1 fully saturated rings. The second-order valence-corrected chi connectivity index (χ2v) is 6.72. The van der Waals surface area contributed by atoms with Gasteiger partial charge in [0.25, 0.3) is 0 Å². The Labute approximate surface area is 135 Å². The summed E-state index contributed by atoms with van der Waals surface area (Å²) in [6, 6.07) is 19.9. The number of ether oxygens (including phenoxy) is 1. The number of hydrogen-bond acceptors (Lipinski definition) is 4. The largest absolute Gasteiger partial charge is 0.460 e. The molecule has 0 bridgehead atoms. The maximum Gasteiger partial charge on any atom is 0.323 e. The molecule has 1 heterocycles. The van der Waals surface area contributed by atoms with Crippen LogP contribution in [0.15, 0.2) is 65.6 Å². The van der Waals surface area contributed by atoms with Crippen LogP contribution in [0, 0.1) is 0 Å². The van der Waals surface area contributed by atoms with Crippen molar-refractivity contribution in [2.45, 2.75) is 29.2 Å². The molecule has 0 amide bonds. The average Bonchev–Trinajstić information content (AvgIpc) is 3.03. The molecule has 4 heteroatoms. The van der Waals surface area contributed by atoms with Gasteiger partial charge in [-0.1, -0.05) is 48.5 Å². The minimum Gasteiger partial charge on any atom is -0.460 e. The molecule has 0 aliphatic carbocycles. The van der Waals surface area contributed by atoms with Gasteiger partial charge in [0.1, 0.15) is 12.6 Å². The first-order chi connectivity index (χ1) is 10.8. The quantitative estimate of drug-likeness (QED) is 0.860. The van der Waals surface area contributed by atoms with Crippen LogP contribution in [0.4, 0.5) is 0 Å². The van der Waals surface area contributed by atoms with Gasteiger partial charge in [0.15, 0.2) is 0 Å². The molecular weight excluding hydrogens is 294 g/mol. The molecule has 0 spiro atoms. The standard InChI is InChI=1S/C18H19NO2S/c20-18(21-13-14-7-3-1-4-8-14)17-11-16(12-19-17)22-15-9-5-2-6-10-15/h1-10,16-17,19H,11-13H2/t16?,17-/m0/s1. The lowest BCUT2D eigenvalue weighted by Gasteiger charge is -2.11. The fourth-order valence-corrected chi connectivity index (χ4v) is 3.66. The van der Waals surface area contributed by atoms with Gasteiger partial charge >= 0.3 is 5.97 Å². The number of esters is 1. The molecule has 1 unspecified atom stereocenters. The van der Waals surface area contributed by atoms with Gasteiger partial charge < -0.3 is 10.1 Å². The monoisotopic (exact) mass is 313 g/mol. The van der Waals surface area contributed by atoms with Gasteiger partial charge in [0, 0.05) is 16.7 Å². The number of benzene rings is 2. The summed E-state index contributed by atoms with van der Waals surface area (Å²) in [5, 5.41) is 3.68. The highest BCUT2D eigenvalue weighted by atomic mass is 32.2. The first kappa shape index (κ1) is 15.1. The van der Waals surface area contributed by atoms with Crippen molar-refractivity contribution in [3.8, 4) is 0 Å². The van der Waals surface area contributed by atoms with Crippen molar-refractivity contribution in [1.82, 2.24) is 5.32 Å². The van der Waals surface area contributed by atoms with E-state index in [2.05, 4.69) is 17.4 Å². The fraction of sp³-hybridized carbons (Fsp3) is 0.278. The molecular formula is C18H19NO2S. The molecule has 1 N–H and O–H groups in total. The van der Waals surface area contributed by atoms with Crippen molar-refractivity contribution in [1.29, 1.82) is 0 Å². The van der Waals surface area contributed by atoms with Crippen LogP contribution in [0.25, 0.3) is 0 Å². The van der Waals surface area contributed by atoms with E-state index in [1.54, 1.807) is 0 Å². The Balaban J connectivity index is 1.46. The van der Waals surface area contributed by atoms with Crippen LogP contribution in [-0.2, 0) is 16.1 Å². The van der Waals surface area contributed by atoms with Crippen LogP contribution in [-0.4, -0.2) is 23.8 Å². The second-order valence-electron chi connectivity index (χ2n) is 5.34. The summed E-state index contributed by atoms with van der Waals surface area (Å²) in [6.45, 7) is 1.18. The molecule has 0 aromatic heterocycles. The van der Waals surface area contributed by atoms with E-state index in [4.69, 9.17) is 4.74 Å². The third-order valence-electron chi connectivity index (χ3n) is 3.64. The van der Waals surface area contributed by atoms with Gasteiger partial charge in [-0.25, -0.2) is 0 Å². The van der Waals surface area contributed by atoms with Crippen LogP contribution >= 0.6 is 11.8 Å². The molecule has 2 aromatic rings. The molecule has 2 atom stereocenters. The molecule has 114 valence electrons. The number of rotatable bonds is 5. The van der Waals surface area contributed by atoms with E-state index in [1.807, 2.05) is 60.3 Å². The summed E-state index contributed by atoms with van der Waals surface area (Å²) >= 11 is 1.82.